The molecule has 0 aromatic heterocycles. The van der Waals surface area contributed by atoms with Gasteiger partial charge in [-0.25, -0.2) is 0 Å². The van der Waals surface area contributed by atoms with Gasteiger partial charge < -0.3 is 10.1 Å². The summed E-state index contributed by atoms with van der Waals surface area (Å²) in [5.74, 6) is -0.404. The number of esters is 1. The molecule has 0 aliphatic heterocycles. The van der Waals surface area contributed by atoms with E-state index in [2.05, 4.69) is 5.32 Å². The molecule has 138 valence electrons. The number of rotatable bonds is 8. The maximum atomic E-state index is 12.1. The number of ether oxygens (including phenoxy) is 1. The molecular formula is C20H22ClNO3S. The van der Waals surface area contributed by atoms with Gasteiger partial charge in [0.05, 0.1) is 17.1 Å². The summed E-state index contributed by atoms with van der Waals surface area (Å²) in [6.45, 7) is 3.42. The number of hydrogen-bond acceptors (Lipinski definition) is 4. The number of carbonyl (C=O) groups is 2. The Kier molecular flexibility index (Phi) is 8.01. The highest BCUT2D eigenvalue weighted by Crippen LogP contribution is 2.35. The smallest absolute Gasteiger partial charge is 0.325 e. The van der Waals surface area contributed by atoms with Gasteiger partial charge in [-0.1, -0.05) is 54.1 Å². The highest BCUT2D eigenvalue weighted by atomic mass is 35.5. The first-order valence-corrected chi connectivity index (χ1v) is 9.76. The maximum absolute atomic E-state index is 12.1. The Labute approximate surface area is 163 Å². The second-order valence-electron chi connectivity index (χ2n) is 5.97. The van der Waals surface area contributed by atoms with Gasteiger partial charge in [0.1, 0.15) is 6.54 Å². The van der Waals surface area contributed by atoms with E-state index in [0.29, 0.717) is 5.02 Å². The minimum Gasteiger partial charge on any atom is -0.462 e. The van der Waals surface area contributed by atoms with Gasteiger partial charge in [0.15, 0.2) is 0 Å². The van der Waals surface area contributed by atoms with Crippen molar-refractivity contribution in [3.05, 3.63) is 70.7 Å². The lowest BCUT2D eigenvalue weighted by Gasteiger charge is -2.18. The molecule has 0 saturated heterocycles. The van der Waals surface area contributed by atoms with Crippen molar-refractivity contribution in [3.63, 3.8) is 0 Å². The molecule has 0 spiro atoms. The Bertz CT molecular complexity index is 720. The van der Waals surface area contributed by atoms with Crippen LogP contribution in [-0.2, 0) is 14.3 Å². The molecule has 0 aliphatic carbocycles. The van der Waals surface area contributed by atoms with Crippen LogP contribution in [0.4, 0.5) is 0 Å². The minimum atomic E-state index is -0.435. The molecule has 2 aromatic carbocycles. The highest BCUT2D eigenvalue weighted by Gasteiger charge is 2.17. The maximum Gasteiger partial charge on any atom is 0.325 e. The summed E-state index contributed by atoms with van der Waals surface area (Å²) in [6.07, 6.45) is -0.193. The largest absolute Gasteiger partial charge is 0.462 e. The molecule has 0 fully saturated rings. The molecule has 1 atom stereocenters. The summed E-state index contributed by atoms with van der Waals surface area (Å²) in [5.41, 5.74) is 2.17. The van der Waals surface area contributed by atoms with Crippen LogP contribution >= 0.6 is 23.4 Å². The highest BCUT2D eigenvalue weighted by molar-refractivity contribution is 8.00. The van der Waals surface area contributed by atoms with Crippen LogP contribution in [0, 0.1) is 0 Å². The molecular weight excluding hydrogens is 370 g/mol. The molecule has 2 rings (SSSR count). The van der Waals surface area contributed by atoms with Crippen molar-refractivity contribution in [2.24, 2.45) is 0 Å². The fourth-order valence-electron chi connectivity index (χ4n) is 2.34. The molecule has 1 unspecified atom stereocenters. The predicted octanol–water partition coefficient (Wildman–Crippen LogP) is 4.23. The average molecular weight is 392 g/mol. The van der Waals surface area contributed by atoms with Crippen molar-refractivity contribution in [3.8, 4) is 0 Å². The van der Waals surface area contributed by atoms with E-state index in [4.69, 9.17) is 16.3 Å². The quantitative estimate of drug-likeness (QED) is 0.684. The fourth-order valence-corrected chi connectivity index (χ4v) is 3.58. The molecule has 0 bridgehead atoms. The normalized spacial score (nSPS) is 11.8. The van der Waals surface area contributed by atoms with Crippen LogP contribution < -0.4 is 5.32 Å². The second kappa shape index (κ2) is 10.2. The number of nitrogens with one attached hydrogen (secondary N) is 1. The van der Waals surface area contributed by atoms with Gasteiger partial charge in [-0.2, -0.15) is 0 Å². The van der Waals surface area contributed by atoms with Crippen LogP contribution in [0.1, 0.15) is 30.2 Å². The summed E-state index contributed by atoms with van der Waals surface area (Å²) in [4.78, 5) is 23.6. The van der Waals surface area contributed by atoms with E-state index in [-0.39, 0.29) is 29.6 Å². The van der Waals surface area contributed by atoms with E-state index in [9.17, 15) is 9.59 Å². The first-order chi connectivity index (χ1) is 12.5. The van der Waals surface area contributed by atoms with Crippen LogP contribution in [0.5, 0.6) is 0 Å². The van der Waals surface area contributed by atoms with Crippen LogP contribution in [-0.4, -0.2) is 30.3 Å². The van der Waals surface area contributed by atoms with Gasteiger partial charge in [-0.3, -0.25) is 9.59 Å². The summed E-state index contributed by atoms with van der Waals surface area (Å²) in [7, 11) is 0. The van der Waals surface area contributed by atoms with Crippen molar-refractivity contribution in [2.45, 2.75) is 25.2 Å². The Balaban J connectivity index is 1.98. The van der Waals surface area contributed by atoms with E-state index in [1.807, 2.05) is 54.6 Å². The number of hydrogen-bond donors (Lipinski definition) is 1. The van der Waals surface area contributed by atoms with E-state index < -0.39 is 5.97 Å². The van der Waals surface area contributed by atoms with Gasteiger partial charge in [0.25, 0.3) is 0 Å². The van der Waals surface area contributed by atoms with Gasteiger partial charge in [-0.05, 0) is 37.1 Å². The predicted molar refractivity (Wildman–Crippen MR) is 106 cm³/mol. The lowest BCUT2D eigenvalue weighted by Crippen LogP contribution is -2.33. The standard InChI is InChI=1S/C20H22ClNO3S/c1-14(2)25-19(24)12-22-18(23)13-26-20(15-6-4-3-5-7-15)16-8-10-17(21)11-9-16/h3-11,14,20H,12-13H2,1-2H3,(H,22,23). The Morgan fingerprint density at radius 3 is 2.27 bits per heavy atom. The van der Waals surface area contributed by atoms with Crippen molar-refractivity contribution >= 4 is 35.2 Å². The summed E-state index contributed by atoms with van der Waals surface area (Å²) < 4.78 is 5.00. The van der Waals surface area contributed by atoms with Crippen molar-refractivity contribution in [1.29, 1.82) is 0 Å². The van der Waals surface area contributed by atoms with Gasteiger partial charge >= 0.3 is 5.97 Å². The van der Waals surface area contributed by atoms with Gasteiger partial charge in [0, 0.05) is 5.02 Å². The van der Waals surface area contributed by atoms with E-state index in [0.717, 1.165) is 11.1 Å². The van der Waals surface area contributed by atoms with E-state index in [1.54, 1.807) is 13.8 Å². The lowest BCUT2D eigenvalue weighted by atomic mass is 10.0. The Hall–Kier alpha value is -1.98. The Morgan fingerprint density at radius 1 is 1.04 bits per heavy atom. The third-order valence-corrected chi connectivity index (χ3v) is 5.01. The monoisotopic (exact) mass is 391 g/mol. The van der Waals surface area contributed by atoms with Gasteiger partial charge in [-0.15, -0.1) is 11.8 Å². The van der Waals surface area contributed by atoms with Gasteiger partial charge in [0.2, 0.25) is 5.91 Å². The third kappa shape index (κ3) is 6.73. The molecule has 6 heteroatoms. The van der Waals surface area contributed by atoms with Crippen LogP contribution in [0.2, 0.25) is 5.02 Å². The van der Waals surface area contributed by atoms with Crippen molar-refractivity contribution in [2.75, 3.05) is 12.3 Å². The second-order valence-corrected chi connectivity index (χ2v) is 7.50. The SMILES string of the molecule is CC(C)OC(=O)CNC(=O)CSC(c1ccccc1)c1ccc(Cl)cc1. The molecule has 0 aliphatic rings. The third-order valence-electron chi connectivity index (χ3n) is 3.45. The minimum absolute atomic E-state index is 0.00170. The zero-order valence-corrected chi connectivity index (χ0v) is 16.3. The topological polar surface area (TPSA) is 55.4 Å². The van der Waals surface area contributed by atoms with Crippen molar-refractivity contribution < 1.29 is 14.3 Å². The molecule has 2 aromatic rings. The molecule has 26 heavy (non-hydrogen) atoms. The molecule has 0 saturated carbocycles. The summed E-state index contributed by atoms with van der Waals surface area (Å²) in [5, 5.41) is 3.27. The van der Waals surface area contributed by atoms with E-state index in [1.165, 1.54) is 11.8 Å². The van der Waals surface area contributed by atoms with Crippen molar-refractivity contribution in [1.82, 2.24) is 5.32 Å². The lowest BCUT2D eigenvalue weighted by molar-refractivity contribution is -0.147. The molecule has 1 amide bonds. The molecule has 0 radical (unpaired) electrons. The number of carbonyl (C=O) groups excluding carboxylic acids is 2. The Morgan fingerprint density at radius 2 is 1.65 bits per heavy atom. The molecule has 4 nitrogen and oxygen atoms in total. The molecule has 1 N–H and O–H groups in total. The first-order valence-electron chi connectivity index (χ1n) is 8.34. The fraction of sp³-hybridized carbons (Fsp3) is 0.300. The zero-order valence-electron chi connectivity index (χ0n) is 14.8. The van der Waals surface area contributed by atoms with E-state index >= 15 is 0 Å². The summed E-state index contributed by atoms with van der Waals surface area (Å²) in [6, 6.07) is 17.6. The first kappa shape index (κ1) is 20.3. The number of amides is 1. The summed E-state index contributed by atoms with van der Waals surface area (Å²) >= 11 is 7.48. The number of halogens is 1. The molecule has 0 heterocycles. The van der Waals surface area contributed by atoms with Crippen LogP contribution in [0.3, 0.4) is 0 Å². The zero-order chi connectivity index (χ0) is 18.9. The number of benzene rings is 2. The van der Waals surface area contributed by atoms with Crippen LogP contribution in [0.15, 0.2) is 54.6 Å². The van der Waals surface area contributed by atoms with Crippen LogP contribution in [0.25, 0.3) is 0 Å². The number of thioether (sulfide) groups is 1. The average Bonchev–Trinajstić information content (AvgIpc) is 2.62.